The highest BCUT2D eigenvalue weighted by molar-refractivity contribution is 5.98. The number of nitrogen functional groups attached to an aromatic ring is 1. The number of hydrogen-bond acceptors (Lipinski definition) is 3. The second-order valence-corrected chi connectivity index (χ2v) is 5.42. The van der Waals surface area contributed by atoms with Crippen LogP contribution in [0.5, 0.6) is 0 Å². The summed E-state index contributed by atoms with van der Waals surface area (Å²) in [5, 5.41) is 2.85. The molecular formula is C16H19N3O. The molecule has 1 amide bonds. The van der Waals surface area contributed by atoms with Gasteiger partial charge in [-0.25, -0.2) is 4.98 Å². The van der Waals surface area contributed by atoms with E-state index < -0.39 is 5.41 Å². The summed E-state index contributed by atoms with van der Waals surface area (Å²) in [5.74, 6) is 0.471. The van der Waals surface area contributed by atoms with Crippen molar-refractivity contribution in [1.82, 2.24) is 4.98 Å². The first-order valence-corrected chi connectivity index (χ1v) is 6.50. The van der Waals surface area contributed by atoms with Crippen molar-refractivity contribution < 1.29 is 4.79 Å². The summed E-state index contributed by atoms with van der Waals surface area (Å²) in [6.45, 7) is 5.72. The van der Waals surface area contributed by atoms with Gasteiger partial charge in [0.1, 0.15) is 5.82 Å². The van der Waals surface area contributed by atoms with E-state index in [2.05, 4.69) is 10.3 Å². The molecule has 3 N–H and O–H groups in total. The molecule has 0 unspecified atom stereocenters. The van der Waals surface area contributed by atoms with E-state index in [1.807, 2.05) is 45.0 Å². The molecule has 2 aromatic rings. The zero-order chi connectivity index (χ0) is 14.8. The van der Waals surface area contributed by atoms with Crippen LogP contribution < -0.4 is 11.1 Å². The number of amides is 1. The molecule has 0 saturated carbocycles. The minimum atomic E-state index is -0.654. The maximum Gasteiger partial charge on any atom is 0.235 e. The lowest BCUT2D eigenvalue weighted by Gasteiger charge is -2.24. The lowest BCUT2D eigenvalue weighted by atomic mass is 9.83. The Balaban J connectivity index is 2.21. The van der Waals surface area contributed by atoms with Gasteiger partial charge in [-0.3, -0.25) is 4.79 Å². The molecule has 4 nitrogen and oxygen atoms in total. The van der Waals surface area contributed by atoms with Gasteiger partial charge in [-0.2, -0.15) is 0 Å². The molecule has 0 aliphatic carbocycles. The van der Waals surface area contributed by atoms with Crippen molar-refractivity contribution in [3.8, 4) is 0 Å². The molecule has 1 aromatic carbocycles. The monoisotopic (exact) mass is 269 g/mol. The molecular weight excluding hydrogens is 250 g/mol. The number of aryl methyl sites for hydroxylation is 1. The Kier molecular flexibility index (Phi) is 3.74. The maximum absolute atomic E-state index is 12.4. The second kappa shape index (κ2) is 5.33. The van der Waals surface area contributed by atoms with Gasteiger partial charge in [-0.1, -0.05) is 12.1 Å². The number of nitrogens with one attached hydrogen (secondary N) is 1. The number of carbonyl (C=O) groups excluding carboxylic acids is 1. The topological polar surface area (TPSA) is 68.0 Å². The minimum absolute atomic E-state index is 0.0969. The van der Waals surface area contributed by atoms with Crippen LogP contribution in [0.2, 0.25) is 0 Å². The molecule has 0 spiro atoms. The van der Waals surface area contributed by atoms with E-state index in [0.29, 0.717) is 11.5 Å². The second-order valence-electron chi connectivity index (χ2n) is 5.42. The molecule has 0 saturated heterocycles. The fourth-order valence-electron chi connectivity index (χ4n) is 1.91. The number of benzene rings is 1. The Labute approximate surface area is 119 Å². The van der Waals surface area contributed by atoms with Crippen LogP contribution in [0.3, 0.4) is 0 Å². The summed E-state index contributed by atoms with van der Waals surface area (Å²) in [6.07, 6.45) is 1.68. The van der Waals surface area contributed by atoms with E-state index in [9.17, 15) is 4.79 Å². The molecule has 0 aliphatic heterocycles. The number of carbonyl (C=O) groups is 1. The first-order valence-electron chi connectivity index (χ1n) is 6.50. The van der Waals surface area contributed by atoms with Crippen molar-refractivity contribution in [3.05, 3.63) is 53.7 Å². The molecule has 1 heterocycles. The van der Waals surface area contributed by atoms with Gasteiger partial charge in [0, 0.05) is 11.9 Å². The lowest BCUT2D eigenvalue weighted by Crippen LogP contribution is -2.35. The molecule has 0 fully saturated rings. The highest BCUT2D eigenvalue weighted by Gasteiger charge is 2.29. The average molecular weight is 269 g/mol. The molecule has 1 aromatic heterocycles. The van der Waals surface area contributed by atoms with E-state index in [4.69, 9.17) is 5.73 Å². The third kappa shape index (κ3) is 2.96. The standard InChI is InChI=1S/C16H19N3O/c1-11-8-9-18-14(10-11)19-15(20)16(2,3)12-4-6-13(17)7-5-12/h4-10H,17H2,1-3H3,(H,18,19,20). The lowest BCUT2D eigenvalue weighted by molar-refractivity contribution is -0.120. The SMILES string of the molecule is Cc1ccnc(NC(=O)C(C)(C)c2ccc(N)cc2)c1. The Morgan fingerprint density at radius 3 is 2.45 bits per heavy atom. The van der Waals surface area contributed by atoms with Gasteiger partial charge in [0.2, 0.25) is 5.91 Å². The van der Waals surface area contributed by atoms with Gasteiger partial charge in [0.05, 0.1) is 5.41 Å². The van der Waals surface area contributed by atoms with Crippen LogP contribution in [0.1, 0.15) is 25.0 Å². The molecule has 0 radical (unpaired) electrons. The first-order chi connectivity index (χ1) is 9.39. The largest absolute Gasteiger partial charge is 0.399 e. The fourth-order valence-corrected chi connectivity index (χ4v) is 1.91. The number of hydrogen-bond donors (Lipinski definition) is 2. The van der Waals surface area contributed by atoms with Crippen LogP contribution >= 0.6 is 0 Å². The van der Waals surface area contributed by atoms with Crippen LogP contribution in [0, 0.1) is 6.92 Å². The zero-order valence-electron chi connectivity index (χ0n) is 12.0. The van der Waals surface area contributed by atoms with Gasteiger partial charge in [-0.05, 0) is 56.2 Å². The minimum Gasteiger partial charge on any atom is -0.399 e. The Bertz CT molecular complexity index is 618. The number of pyridine rings is 1. The normalized spacial score (nSPS) is 11.2. The van der Waals surface area contributed by atoms with Crippen molar-refractivity contribution in [3.63, 3.8) is 0 Å². The first kappa shape index (κ1) is 14.1. The summed E-state index contributed by atoms with van der Waals surface area (Å²) in [6, 6.07) is 11.1. The van der Waals surface area contributed by atoms with E-state index in [-0.39, 0.29) is 5.91 Å². The Hall–Kier alpha value is -2.36. The molecule has 20 heavy (non-hydrogen) atoms. The van der Waals surface area contributed by atoms with Crippen molar-refractivity contribution in [2.75, 3.05) is 11.1 Å². The fraction of sp³-hybridized carbons (Fsp3) is 0.250. The average Bonchev–Trinajstić information content (AvgIpc) is 2.39. The van der Waals surface area contributed by atoms with Crippen molar-refractivity contribution >= 4 is 17.4 Å². The highest BCUT2D eigenvalue weighted by Crippen LogP contribution is 2.25. The van der Waals surface area contributed by atoms with Crippen molar-refractivity contribution in [1.29, 1.82) is 0 Å². The molecule has 4 heteroatoms. The van der Waals surface area contributed by atoms with Gasteiger partial charge >= 0.3 is 0 Å². The van der Waals surface area contributed by atoms with Crippen LogP contribution in [0.4, 0.5) is 11.5 Å². The third-order valence-electron chi connectivity index (χ3n) is 3.36. The van der Waals surface area contributed by atoms with Crippen LogP contribution in [-0.2, 0) is 10.2 Å². The highest BCUT2D eigenvalue weighted by atomic mass is 16.2. The van der Waals surface area contributed by atoms with E-state index in [0.717, 1.165) is 11.1 Å². The van der Waals surface area contributed by atoms with Crippen LogP contribution in [-0.4, -0.2) is 10.9 Å². The Morgan fingerprint density at radius 2 is 1.85 bits per heavy atom. The predicted octanol–water partition coefficient (Wildman–Crippen LogP) is 2.89. The van der Waals surface area contributed by atoms with Gasteiger partial charge in [0.15, 0.2) is 0 Å². The molecule has 104 valence electrons. The summed E-state index contributed by atoms with van der Waals surface area (Å²) in [7, 11) is 0. The zero-order valence-corrected chi connectivity index (χ0v) is 12.0. The van der Waals surface area contributed by atoms with E-state index >= 15 is 0 Å². The van der Waals surface area contributed by atoms with Crippen LogP contribution in [0.15, 0.2) is 42.6 Å². The summed E-state index contributed by atoms with van der Waals surface area (Å²) in [4.78, 5) is 16.6. The third-order valence-corrected chi connectivity index (χ3v) is 3.36. The molecule has 0 aliphatic rings. The predicted molar refractivity (Wildman–Crippen MR) is 81.5 cm³/mol. The van der Waals surface area contributed by atoms with Crippen molar-refractivity contribution in [2.24, 2.45) is 0 Å². The van der Waals surface area contributed by atoms with Crippen LogP contribution in [0.25, 0.3) is 0 Å². The van der Waals surface area contributed by atoms with E-state index in [1.165, 1.54) is 0 Å². The smallest absolute Gasteiger partial charge is 0.235 e. The van der Waals surface area contributed by atoms with Gasteiger partial charge in [-0.15, -0.1) is 0 Å². The number of rotatable bonds is 3. The summed E-state index contributed by atoms with van der Waals surface area (Å²) in [5.41, 5.74) is 7.68. The van der Waals surface area contributed by atoms with Gasteiger partial charge in [0.25, 0.3) is 0 Å². The number of anilines is 2. The van der Waals surface area contributed by atoms with E-state index in [1.54, 1.807) is 18.3 Å². The molecule has 0 atom stereocenters. The number of nitrogens with two attached hydrogens (primary N) is 1. The molecule has 2 rings (SSSR count). The summed E-state index contributed by atoms with van der Waals surface area (Å²) < 4.78 is 0. The molecule has 0 bridgehead atoms. The number of nitrogens with zero attached hydrogens (tertiary/aromatic N) is 1. The Morgan fingerprint density at radius 1 is 1.20 bits per heavy atom. The quantitative estimate of drug-likeness (QED) is 0.842. The maximum atomic E-state index is 12.4. The summed E-state index contributed by atoms with van der Waals surface area (Å²) >= 11 is 0. The van der Waals surface area contributed by atoms with Gasteiger partial charge < -0.3 is 11.1 Å². The number of aromatic nitrogens is 1. The van der Waals surface area contributed by atoms with Crippen molar-refractivity contribution in [2.45, 2.75) is 26.2 Å².